The van der Waals surface area contributed by atoms with Gasteiger partial charge < -0.3 is 4.74 Å². The first-order chi connectivity index (χ1) is 5.70. The minimum absolute atomic E-state index is 0.0894. The molecule has 0 aliphatic carbocycles. The molecule has 0 spiro atoms. The van der Waals surface area contributed by atoms with Crippen LogP contribution in [0.15, 0.2) is 12.7 Å². The topological polar surface area (TPSA) is 26.3 Å². The molecule has 0 heterocycles. The van der Waals surface area contributed by atoms with Crippen LogP contribution in [0.4, 0.5) is 0 Å². The molecule has 0 amide bonds. The molecule has 0 aromatic rings. The van der Waals surface area contributed by atoms with E-state index >= 15 is 0 Å². The maximum atomic E-state index is 10.6. The maximum absolute atomic E-state index is 10.6. The summed E-state index contributed by atoms with van der Waals surface area (Å²) in [4.78, 5) is 10.6. The van der Waals surface area contributed by atoms with Gasteiger partial charge in [0.25, 0.3) is 0 Å². The monoisotopic (exact) mass is 166 g/mol. The van der Waals surface area contributed by atoms with Crippen LogP contribution in [-0.2, 0) is 9.53 Å². The first-order valence-corrected chi connectivity index (χ1v) is 3.98. The molecule has 2 heteroatoms. The molecule has 0 aromatic carbocycles. The summed E-state index contributed by atoms with van der Waals surface area (Å²) in [7, 11) is 0. The number of unbranched alkanes of at least 4 members (excludes halogenated alkanes) is 1. The highest BCUT2D eigenvalue weighted by Gasteiger charge is 2.05. The Morgan fingerprint density at radius 1 is 1.83 bits per heavy atom. The predicted octanol–water partition coefficient (Wildman–Crippen LogP) is 1.91. The second-order valence-electron chi connectivity index (χ2n) is 2.58. The number of terminal acetylenes is 1. The van der Waals surface area contributed by atoms with Gasteiger partial charge in [0.1, 0.15) is 6.10 Å². The van der Waals surface area contributed by atoms with Crippen molar-refractivity contribution >= 4 is 5.97 Å². The molecule has 0 aliphatic heterocycles. The van der Waals surface area contributed by atoms with E-state index in [0.29, 0.717) is 0 Å². The zero-order valence-corrected chi connectivity index (χ0v) is 7.38. The van der Waals surface area contributed by atoms with Gasteiger partial charge in [0, 0.05) is 5.92 Å². The highest BCUT2D eigenvalue weighted by atomic mass is 16.5. The molecule has 1 atom stereocenters. The lowest BCUT2D eigenvalue weighted by Gasteiger charge is -2.09. The normalized spacial score (nSPS) is 11.3. The van der Waals surface area contributed by atoms with E-state index in [1.165, 1.54) is 0 Å². The number of esters is 1. The molecule has 2 nitrogen and oxygen atoms in total. The van der Waals surface area contributed by atoms with E-state index < -0.39 is 5.97 Å². The van der Waals surface area contributed by atoms with Crippen LogP contribution in [0.2, 0.25) is 0 Å². The van der Waals surface area contributed by atoms with Crippen molar-refractivity contribution in [2.75, 3.05) is 0 Å². The minimum atomic E-state index is -0.582. The second-order valence-corrected chi connectivity index (χ2v) is 2.58. The van der Waals surface area contributed by atoms with Crippen molar-refractivity contribution in [3.8, 4) is 12.3 Å². The van der Waals surface area contributed by atoms with Crippen LogP contribution < -0.4 is 0 Å². The van der Waals surface area contributed by atoms with Crippen molar-refractivity contribution in [2.24, 2.45) is 0 Å². The van der Waals surface area contributed by atoms with E-state index in [1.54, 1.807) is 0 Å². The molecular weight excluding hydrogens is 152 g/mol. The number of allylic oxidation sites excluding steroid dienone is 1. The SMILES string of the molecule is C#CC(=O)O[C@@H](C)CCCC=C. The summed E-state index contributed by atoms with van der Waals surface area (Å²) in [6.45, 7) is 5.43. The Hall–Kier alpha value is -1.23. The molecule has 66 valence electrons. The summed E-state index contributed by atoms with van der Waals surface area (Å²) < 4.78 is 4.84. The summed E-state index contributed by atoms with van der Waals surface area (Å²) >= 11 is 0. The fraction of sp³-hybridized carbons (Fsp3) is 0.500. The molecule has 0 rings (SSSR count). The quantitative estimate of drug-likeness (QED) is 0.205. The summed E-state index contributed by atoms with van der Waals surface area (Å²) in [5.74, 6) is 1.32. The van der Waals surface area contributed by atoms with Crippen molar-refractivity contribution in [2.45, 2.75) is 32.3 Å². The van der Waals surface area contributed by atoms with Gasteiger partial charge >= 0.3 is 5.97 Å². The molecule has 12 heavy (non-hydrogen) atoms. The second kappa shape index (κ2) is 6.48. The fourth-order valence-electron chi connectivity index (χ4n) is 0.825. The van der Waals surface area contributed by atoms with E-state index in [1.807, 2.05) is 18.9 Å². The molecular formula is C10H14O2. The molecule has 0 fully saturated rings. The van der Waals surface area contributed by atoms with Crippen molar-refractivity contribution in [3.63, 3.8) is 0 Å². The zero-order valence-electron chi connectivity index (χ0n) is 7.38. The Labute approximate surface area is 73.6 Å². The van der Waals surface area contributed by atoms with E-state index in [0.717, 1.165) is 19.3 Å². The van der Waals surface area contributed by atoms with Crippen LogP contribution in [0.1, 0.15) is 26.2 Å². The van der Waals surface area contributed by atoms with Gasteiger partial charge in [-0.3, -0.25) is 0 Å². The molecule has 0 bridgehead atoms. The van der Waals surface area contributed by atoms with Crippen LogP contribution >= 0.6 is 0 Å². The highest BCUT2D eigenvalue weighted by molar-refractivity contribution is 5.87. The first kappa shape index (κ1) is 10.8. The summed E-state index contributed by atoms with van der Waals surface area (Å²) in [5.41, 5.74) is 0. The van der Waals surface area contributed by atoms with Gasteiger partial charge in [-0.05, 0) is 26.2 Å². The van der Waals surface area contributed by atoms with E-state index in [-0.39, 0.29) is 6.10 Å². The number of hydrogen-bond acceptors (Lipinski definition) is 2. The van der Waals surface area contributed by atoms with E-state index in [2.05, 4.69) is 6.58 Å². The Balaban J connectivity index is 3.46. The molecule has 0 saturated carbocycles. The largest absolute Gasteiger partial charge is 0.453 e. The third-order valence-electron chi connectivity index (χ3n) is 1.44. The van der Waals surface area contributed by atoms with Gasteiger partial charge in [0.05, 0.1) is 0 Å². The van der Waals surface area contributed by atoms with E-state index in [9.17, 15) is 4.79 Å². The van der Waals surface area contributed by atoms with Crippen molar-refractivity contribution in [1.29, 1.82) is 0 Å². The minimum Gasteiger partial charge on any atom is -0.453 e. The molecule has 0 unspecified atom stereocenters. The van der Waals surface area contributed by atoms with Crippen LogP contribution in [0.25, 0.3) is 0 Å². The summed E-state index contributed by atoms with van der Waals surface area (Å²) in [6.07, 6.45) is 9.34. The Kier molecular flexibility index (Phi) is 5.81. The van der Waals surface area contributed by atoms with Crippen molar-refractivity contribution < 1.29 is 9.53 Å². The molecule has 0 radical (unpaired) electrons. The van der Waals surface area contributed by atoms with E-state index in [4.69, 9.17) is 11.2 Å². The lowest BCUT2D eigenvalue weighted by Crippen LogP contribution is -2.12. The number of carbonyl (C=O) groups is 1. The first-order valence-electron chi connectivity index (χ1n) is 3.98. The maximum Gasteiger partial charge on any atom is 0.384 e. The zero-order chi connectivity index (χ0) is 9.40. The fourth-order valence-corrected chi connectivity index (χ4v) is 0.825. The van der Waals surface area contributed by atoms with Crippen LogP contribution in [0.5, 0.6) is 0 Å². The van der Waals surface area contributed by atoms with Gasteiger partial charge in [-0.2, -0.15) is 0 Å². The molecule has 0 saturated heterocycles. The molecule has 0 aliphatic rings. The Morgan fingerprint density at radius 3 is 3.00 bits per heavy atom. The Morgan fingerprint density at radius 2 is 2.50 bits per heavy atom. The summed E-state index contributed by atoms with van der Waals surface area (Å²) in [5, 5.41) is 0. The van der Waals surface area contributed by atoms with Crippen molar-refractivity contribution in [3.05, 3.63) is 12.7 Å². The number of rotatable bonds is 5. The average molecular weight is 166 g/mol. The lowest BCUT2D eigenvalue weighted by atomic mass is 10.2. The lowest BCUT2D eigenvalue weighted by molar-refractivity contribution is -0.141. The predicted molar refractivity (Wildman–Crippen MR) is 48.4 cm³/mol. The molecule has 0 N–H and O–H groups in total. The standard InChI is InChI=1S/C10H14O2/c1-4-6-7-8-9(3)12-10(11)5-2/h2,4,9H,1,6-8H2,3H3/t9-/m0/s1. The van der Waals surface area contributed by atoms with Crippen LogP contribution in [0, 0.1) is 12.3 Å². The third kappa shape index (κ3) is 5.55. The smallest absolute Gasteiger partial charge is 0.384 e. The molecule has 0 aromatic heterocycles. The number of hydrogen-bond donors (Lipinski definition) is 0. The van der Waals surface area contributed by atoms with Gasteiger partial charge in [-0.25, -0.2) is 4.79 Å². The van der Waals surface area contributed by atoms with Gasteiger partial charge in [0.15, 0.2) is 0 Å². The van der Waals surface area contributed by atoms with Gasteiger partial charge in [-0.1, -0.05) is 6.08 Å². The van der Waals surface area contributed by atoms with Crippen LogP contribution in [0.3, 0.4) is 0 Å². The van der Waals surface area contributed by atoms with Crippen LogP contribution in [-0.4, -0.2) is 12.1 Å². The number of ether oxygens (including phenoxy) is 1. The Bertz CT molecular complexity index is 189. The van der Waals surface area contributed by atoms with Crippen molar-refractivity contribution in [1.82, 2.24) is 0 Å². The van der Waals surface area contributed by atoms with Gasteiger partial charge in [0.2, 0.25) is 0 Å². The summed E-state index contributed by atoms with van der Waals surface area (Å²) in [6, 6.07) is 0. The third-order valence-corrected chi connectivity index (χ3v) is 1.44. The van der Waals surface area contributed by atoms with Gasteiger partial charge in [-0.15, -0.1) is 13.0 Å². The highest BCUT2D eigenvalue weighted by Crippen LogP contribution is 2.04. The number of carbonyl (C=O) groups excluding carboxylic acids is 1. The average Bonchev–Trinajstić information content (AvgIpc) is 2.05.